The molecule has 1 aromatic heterocycles. The highest BCUT2D eigenvalue weighted by Crippen LogP contribution is 2.35. The van der Waals surface area contributed by atoms with Gasteiger partial charge in [0.25, 0.3) is 0 Å². The van der Waals surface area contributed by atoms with Crippen molar-refractivity contribution < 1.29 is 4.42 Å². The molecular weight excluding hydrogens is 224 g/mol. The van der Waals surface area contributed by atoms with Gasteiger partial charge in [-0.15, -0.1) is 0 Å². The molecule has 2 atom stereocenters. The van der Waals surface area contributed by atoms with Crippen molar-refractivity contribution in [2.75, 3.05) is 19.6 Å². The highest BCUT2D eigenvalue weighted by molar-refractivity contribution is 5.04. The molecule has 0 spiro atoms. The molecule has 3 nitrogen and oxygen atoms in total. The fourth-order valence-corrected chi connectivity index (χ4v) is 3.63. The summed E-state index contributed by atoms with van der Waals surface area (Å²) in [5, 5.41) is 3.51. The molecular formula is C15H24N2O. The minimum absolute atomic E-state index is 0.898. The Morgan fingerprint density at radius 3 is 3.11 bits per heavy atom. The summed E-state index contributed by atoms with van der Waals surface area (Å²) in [7, 11) is 0. The lowest BCUT2D eigenvalue weighted by Gasteiger charge is -2.31. The number of hydrogen-bond donors (Lipinski definition) is 1. The lowest BCUT2D eigenvalue weighted by Crippen LogP contribution is -2.38. The third-order valence-electron chi connectivity index (χ3n) is 4.61. The quantitative estimate of drug-likeness (QED) is 0.812. The van der Waals surface area contributed by atoms with Crippen LogP contribution in [0.2, 0.25) is 0 Å². The monoisotopic (exact) mass is 248 g/mol. The molecule has 0 aromatic carbocycles. The van der Waals surface area contributed by atoms with Gasteiger partial charge in [0, 0.05) is 31.2 Å². The van der Waals surface area contributed by atoms with Crippen LogP contribution in [0.4, 0.5) is 0 Å². The number of likely N-dealkylation sites (tertiary alicyclic amines) is 1. The number of rotatable bonds is 5. The molecule has 1 aliphatic heterocycles. The van der Waals surface area contributed by atoms with Gasteiger partial charge in [0.15, 0.2) is 0 Å². The molecule has 0 radical (unpaired) electrons. The fourth-order valence-electron chi connectivity index (χ4n) is 3.63. The Morgan fingerprint density at radius 2 is 2.22 bits per heavy atom. The molecule has 0 amide bonds. The van der Waals surface area contributed by atoms with Crippen molar-refractivity contribution >= 4 is 0 Å². The van der Waals surface area contributed by atoms with Gasteiger partial charge in [-0.25, -0.2) is 0 Å². The summed E-state index contributed by atoms with van der Waals surface area (Å²) in [6.45, 7) is 4.55. The van der Waals surface area contributed by atoms with E-state index in [1.165, 1.54) is 50.8 Å². The lowest BCUT2D eigenvalue weighted by atomic mass is 9.85. The van der Waals surface area contributed by atoms with E-state index in [0.29, 0.717) is 0 Å². The Hall–Kier alpha value is -0.800. The Kier molecular flexibility index (Phi) is 4.01. The zero-order valence-corrected chi connectivity index (χ0v) is 11.1. The van der Waals surface area contributed by atoms with Crippen molar-refractivity contribution in [1.82, 2.24) is 10.2 Å². The lowest BCUT2D eigenvalue weighted by molar-refractivity contribution is 0.183. The average Bonchev–Trinajstić information content (AvgIpc) is 3.04. The van der Waals surface area contributed by atoms with E-state index >= 15 is 0 Å². The van der Waals surface area contributed by atoms with Crippen LogP contribution in [0, 0.1) is 5.92 Å². The standard InChI is InChI=1S/C15H24N2O/c1-2-4-15-14(3-1)5-8-17(15)9-7-16-11-13-6-10-18-12-13/h6,10,12,14-16H,1-5,7-9,11H2. The van der Waals surface area contributed by atoms with Crippen LogP contribution in [0.15, 0.2) is 23.0 Å². The largest absolute Gasteiger partial charge is 0.472 e. The zero-order chi connectivity index (χ0) is 12.2. The molecule has 1 aromatic rings. The summed E-state index contributed by atoms with van der Waals surface area (Å²) >= 11 is 0. The molecule has 3 heteroatoms. The first-order valence-electron chi connectivity index (χ1n) is 7.39. The number of furan rings is 1. The molecule has 2 unspecified atom stereocenters. The van der Waals surface area contributed by atoms with Gasteiger partial charge >= 0.3 is 0 Å². The maximum atomic E-state index is 5.07. The zero-order valence-electron chi connectivity index (χ0n) is 11.1. The first-order valence-corrected chi connectivity index (χ1v) is 7.39. The SMILES string of the molecule is c1cc(CNCCN2CCC3CCCCC32)co1. The minimum atomic E-state index is 0.898. The molecule has 100 valence electrons. The van der Waals surface area contributed by atoms with Crippen LogP contribution < -0.4 is 5.32 Å². The van der Waals surface area contributed by atoms with Gasteiger partial charge in [0.1, 0.15) is 0 Å². The molecule has 1 N–H and O–H groups in total. The second-order valence-electron chi connectivity index (χ2n) is 5.74. The van der Waals surface area contributed by atoms with E-state index < -0.39 is 0 Å². The van der Waals surface area contributed by atoms with Crippen molar-refractivity contribution in [3.8, 4) is 0 Å². The summed E-state index contributed by atoms with van der Waals surface area (Å²) in [6, 6.07) is 2.93. The summed E-state index contributed by atoms with van der Waals surface area (Å²) in [6.07, 6.45) is 10.8. The topological polar surface area (TPSA) is 28.4 Å². The van der Waals surface area contributed by atoms with Gasteiger partial charge in [-0.2, -0.15) is 0 Å². The van der Waals surface area contributed by atoms with Gasteiger partial charge in [0.2, 0.25) is 0 Å². The number of fused-ring (bicyclic) bond motifs is 1. The van der Waals surface area contributed by atoms with Gasteiger partial charge in [-0.05, 0) is 37.8 Å². The first-order chi connectivity index (χ1) is 8.93. The van der Waals surface area contributed by atoms with E-state index in [0.717, 1.165) is 25.0 Å². The van der Waals surface area contributed by atoms with Crippen LogP contribution in [0.5, 0.6) is 0 Å². The van der Waals surface area contributed by atoms with Crippen molar-refractivity contribution in [1.29, 1.82) is 0 Å². The number of nitrogens with zero attached hydrogens (tertiary/aromatic N) is 1. The molecule has 1 aliphatic carbocycles. The smallest absolute Gasteiger partial charge is 0.0947 e. The van der Waals surface area contributed by atoms with E-state index in [2.05, 4.69) is 10.2 Å². The number of nitrogens with one attached hydrogen (secondary N) is 1. The fraction of sp³-hybridized carbons (Fsp3) is 0.733. The summed E-state index contributed by atoms with van der Waals surface area (Å²) < 4.78 is 5.07. The summed E-state index contributed by atoms with van der Waals surface area (Å²) in [5.41, 5.74) is 1.24. The van der Waals surface area contributed by atoms with Crippen LogP contribution in [0.1, 0.15) is 37.7 Å². The molecule has 2 fully saturated rings. The van der Waals surface area contributed by atoms with Crippen molar-refractivity contribution in [3.05, 3.63) is 24.2 Å². The molecule has 1 saturated carbocycles. The van der Waals surface area contributed by atoms with Crippen LogP contribution in [0.3, 0.4) is 0 Å². The maximum absolute atomic E-state index is 5.07. The molecule has 18 heavy (non-hydrogen) atoms. The summed E-state index contributed by atoms with van der Waals surface area (Å²) in [5.74, 6) is 1.01. The normalized spacial score (nSPS) is 28.4. The van der Waals surface area contributed by atoms with E-state index in [-0.39, 0.29) is 0 Å². The second kappa shape index (κ2) is 5.89. The van der Waals surface area contributed by atoms with Gasteiger partial charge in [-0.3, -0.25) is 4.90 Å². The Balaban J connectivity index is 1.38. The van der Waals surface area contributed by atoms with Crippen LogP contribution in [-0.4, -0.2) is 30.6 Å². The molecule has 2 heterocycles. The second-order valence-corrected chi connectivity index (χ2v) is 5.74. The number of hydrogen-bond acceptors (Lipinski definition) is 3. The molecule has 1 saturated heterocycles. The van der Waals surface area contributed by atoms with Gasteiger partial charge in [-0.1, -0.05) is 12.8 Å². The Labute approximate surface area is 110 Å². The third kappa shape index (κ3) is 2.78. The predicted molar refractivity (Wildman–Crippen MR) is 72.4 cm³/mol. The van der Waals surface area contributed by atoms with Gasteiger partial charge < -0.3 is 9.73 Å². The highest BCUT2D eigenvalue weighted by atomic mass is 16.3. The van der Waals surface area contributed by atoms with Crippen molar-refractivity contribution in [2.45, 2.75) is 44.7 Å². The predicted octanol–water partition coefficient (Wildman–Crippen LogP) is 2.63. The molecule has 3 rings (SSSR count). The Morgan fingerprint density at radius 1 is 1.28 bits per heavy atom. The maximum Gasteiger partial charge on any atom is 0.0947 e. The first kappa shape index (κ1) is 12.2. The molecule has 0 bridgehead atoms. The third-order valence-corrected chi connectivity index (χ3v) is 4.61. The van der Waals surface area contributed by atoms with Crippen molar-refractivity contribution in [2.24, 2.45) is 5.92 Å². The summed E-state index contributed by atoms with van der Waals surface area (Å²) in [4.78, 5) is 2.71. The highest BCUT2D eigenvalue weighted by Gasteiger charge is 2.34. The van der Waals surface area contributed by atoms with Crippen LogP contribution in [0.25, 0.3) is 0 Å². The van der Waals surface area contributed by atoms with Crippen LogP contribution in [-0.2, 0) is 6.54 Å². The minimum Gasteiger partial charge on any atom is -0.472 e. The van der Waals surface area contributed by atoms with Gasteiger partial charge in [0.05, 0.1) is 12.5 Å². The van der Waals surface area contributed by atoms with E-state index in [1.807, 2.05) is 12.3 Å². The molecule has 2 aliphatic rings. The van der Waals surface area contributed by atoms with E-state index in [4.69, 9.17) is 4.42 Å². The average molecular weight is 248 g/mol. The van der Waals surface area contributed by atoms with Crippen LogP contribution >= 0.6 is 0 Å². The Bertz CT molecular complexity index is 349. The van der Waals surface area contributed by atoms with E-state index in [1.54, 1.807) is 6.26 Å². The van der Waals surface area contributed by atoms with Crippen molar-refractivity contribution in [3.63, 3.8) is 0 Å². The van der Waals surface area contributed by atoms with E-state index in [9.17, 15) is 0 Å².